The van der Waals surface area contributed by atoms with Crippen LogP contribution in [-0.2, 0) is 0 Å². The smallest absolute Gasteiger partial charge is 0.256 e. The van der Waals surface area contributed by atoms with Crippen LogP contribution >= 0.6 is 0 Å². The SMILES string of the molecule is NC(=O)c1c(O)ccc(-c2ccccc2)c1O. The van der Waals surface area contributed by atoms with Gasteiger partial charge < -0.3 is 15.9 Å². The zero-order valence-electron chi connectivity index (χ0n) is 8.92. The van der Waals surface area contributed by atoms with Crippen LogP contribution < -0.4 is 5.73 Å². The molecule has 4 heteroatoms. The third kappa shape index (κ3) is 1.92. The van der Waals surface area contributed by atoms with Crippen LogP contribution in [0.5, 0.6) is 11.5 Å². The van der Waals surface area contributed by atoms with Gasteiger partial charge in [-0.25, -0.2) is 0 Å². The molecule has 0 aliphatic carbocycles. The van der Waals surface area contributed by atoms with Crippen molar-refractivity contribution in [3.05, 3.63) is 48.0 Å². The van der Waals surface area contributed by atoms with Gasteiger partial charge in [-0.05, 0) is 17.7 Å². The van der Waals surface area contributed by atoms with E-state index in [1.165, 1.54) is 12.1 Å². The molecule has 2 aromatic rings. The van der Waals surface area contributed by atoms with Crippen LogP contribution in [-0.4, -0.2) is 16.1 Å². The summed E-state index contributed by atoms with van der Waals surface area (Å²) in [6.07, 6.45) is 0. The molecule has 0 bridgehead atoms. The summed E-state index contributed by atoms with van der Waals surface area (Å²) < 4.78 is 0. The molecule has 1 amide bonds. The van der Waals surface area contributed by atoms with E-state index < -0.39 is 5.91 Å². The van der Waals surface area contributed by atoms with Crippen molar-refractivity contribution in [2.75, 3.05) is 0 Å². The van der Waals surface area contributed by atoms with Gasteiger partial charge in [-0.15, -0.1) is 0 Å². The second-order valence-electron chi connectivity index (χ2n) is 3.59. The number of nitrogens with two attached hydrogens (primary N) is 1. The highest BCUT2D eigenvalue weighted by atomic mass is 16.3. The molecule has 0 aromatic heterocycles. The van der Waals surface area contributed by atoms with Gasteiger partial charge in [0.25, 0.3) is 5.91 Å². The second-order valence-corrected chi connectivity index (χ2v) is 3.59. The minimum Gasteiger partial charge on any atom is -0.507 e. The van der Waals surface area contributed by atoms with Crippen LogP contribution in [0.4, 0.5) is 0 Å². The average Bonchev–Trinajstić information content (AvgIpc) is 2.30. The molecule has 0 saturated heterocycles. The van der Waals surface area contributed by atoms with Gasteiger partial charge in [-0.3, -0.25) is 4.79 Å². The summed E-state index contributed by atoms with van der Waals surface area (Å²) in [5, 5.41) is 19.4. The van der Waals surface area contributed by atoms with Crippen LogP contribution in [0.1, 0.15) is 10.4 Å². The number of aromatic hydroxyl groups is 2. The molecule has 4 nitrogen and oxygen atoms in total. The van der Waals surface area contributed by atoms with Crippen LogP contribution in [0.2, 0.25) is 0 Å². The van der Waals surface area contributed by atoms with E-state index in [1.807, 2.05) is 18.2 Å². The number of rotatable bonds is 2. The Morgan fingerprint density at radius 1 is 1.00 bits per heavy atom. The number of hydrogen-bond donors (Lipinski definition) is 3. The largest absolute Gasteiger partial charge is 0.507 e. The van der Waals surface area contributed by atoms with Crippen molar-refractivity contribution in [3.63, 3.8) is 0 Å². The maximum Gasteiger partial charge on any atom is 0.256 e. The first kappa shape index (κ1) is 11.0. The number of phenols is 2. The zero-order valence-corrected chi connectivity index (χ0v) is 8.92. The highest BCUT2D eigenvalue weighted by molar-refractivity contribution is 6.00. The Labute approximate surface area is 97.9 Å². The van der Waals surface area contributed by atoms with Gasteiger partial charge >= 0.3 is 0 Å². The van der Waals surface area contributed by atoms with E-state index in [1.54, 1.807) is 12.1 Å². The molecule has 0 heterocycles. The number of benzene rings is 2. The summed E-state index contributed by atoms with van der Waals surface area (Å²) in [7, 11) is 0. The van der Waals surface area contributed by atoms with E-state index >= 15 is 0 Å². The maximum absolute atomic E-state index is 11.1. The van der Waals surface area contributed by atoms with Crippen molar-refractivity contribution in [1.82, 2.24) is 0 Å². The van der Waals surface area contributed by atoms with Crippen LogP contribution in [0, 0.1) is 0 Å². The summed E-state index contributed by atoms with van der Waals surface area (Å²) >= 11 is 0. The summed E-state index contributed by atoms with van der Waals surface area (Å²) in [6, 6.07) is 11.9. The molecule has 0 saturated carbocycles. The molecule has 86 valence electrons. The molecule has 0 spiro atoms. The minimum absolute atomic E-state index is 0.258. The summed E-state index contributed by atoms with van der Waals surface area (Å²) in [5.41, 5.74) is 6.04. The predicted octanol–water partition coefficient (Wildman–Crippen LogP) is 1.86. The van der Waals surface area contributed by atoms with E-state index in [0.29, 0.717) is 5.56 Å². The lowest BCUT2D eigenvalue weighted by Gasteiger charge is -2.09. The molecule has 0 unspecified atom stereocenters. The Bertz CT molecular complexity index is 564. The molecule has 17 heavy (non-hydrogen) atoms. The first-order chi connectivity index (χ1) is 8.11. The fraction of sp³-hybridized carbons (Fsp3) is 0. The number of carbonyl (C=O) groups is 1. The second kappa shape index (κ2) is 4.17. The molecular weight excluding hydrogens is 218 g/mol. The van der Waals surface area contributed by atoms with Crippen LogP contribution in [0.15, 0.2) is 42.5 Å². The number of hydrogen-bond acceptors (Lipinski definition) is 3. The third-order valence-electron chi connectivity index (χ3n) is 2.49. The predicted molar refractivity (Wildman–Crippen MR) is 63.7 cm³/mol. The lowest BCUT2D eigenvalue weighted by molar-refractivity contribution is 0.0995. The maximum atomic E-state index is 11.1. The topological polar surface area (TPSA) is 83.6 Å². The number of amides is 1. The molecular formula is C13H11NO3. The lowest BCUT2D eigenvalue weighted by atomic mass is 10.0. The molecule has 2 rings (SSSR count). The van der Waals surface area contributed by atoms with Crippen LogP contribution in [0.3, 0.4) is 0 Å². The Hall–Kier alpha value is -2.49. The number of carbonyl (C=O) groups excluding carboxylic acids is 1. The monoisotopic (exact) mass is 229 g/mol. The highest BCUT2D eigenvalue weighted by Gasteiger charge is 2.17. The van der Waals surface area contributed by atoms with Crippen molar-refractivity contribution < 1.29 is 15.0 Å². The average molecular weight is 229 g/mol. The Morgan fingerprint density at radius 3 is 2.24 bits per heavy atom. The van der Waals surface area contributed by atoms with Crippen molar-refractivity contribution in [2.24, 2.45) is 5.73 Å². The van der Waals surface area contributed by atoms with E-state index in [9.17, 15) is 15.0 Å². The fourth-order valence-electron chi connectivity index (χ4n) is 1.67. The van der Waals surface area contributed by atoms with Crippen molar-refractivity contribution in [3.8, 4) is 22.6 Å². The first-order valence-electron chi connectivity index (χ1n) is 5.01. The van der Waals surface area contributed by atoms with E-state index in [4.69, 9.17) is 5.73 Å². The Balaban J connectivity index is 2.66. The van der Waals surface area contributed by atoms with Gasteiger partial charge in [0.2, 0.25) is 0 Å². The Kier molecular flexibility index (Phi) is 2.70. The zero-order chi connectivity index (χ0) is 12.4. The highest BCUT2D eigenvalue weighted by Crippen LogP contribution is 2.36. The molecule has 0 fully saturated rings. The Morgan fingerprint density at radius 2 is 1.65 bits per heavy atom. The van der Waals surface area contributed by atoms with E-state index in [-0.39, 0.29) is 17.1 Å². The summed E-state index contributed by atoms with van der Waals surface area (Å²) in [6.45, 7) is 0. The van der Waals surface area contributed by atoms with Gasteiger partial charge in [0.1, 0.15) is 17.1 Å². The van der Waals surface area contributed by atoms with Gasteiger partial charge in [0.15, 0.2) is 0 Å². The molecule has 0 radical (unpaired) electrons. The molecule has 2 aromatic carbocycles. The molecule has 0 aliphatic heterocycles. The standard InChI is InChI=1S/C13H11NO3/c14-13(17)11-10(15)7-6-9(12(11)16)8-4-2-1-3-5-8/h1-7,15-16H,(H2,14,17). The first-order valence-corrected chi connectivity index (χ1v) is 5.01. The van der Waals surface area contributed by atoms with Crippen molar-refractivity contribution in [1.29, 1.82) is 0 Å². The van der Waals surface area contributed by atoms with Gasteiger partial charge in [-0.1, -0.05) is 30.3 Å². The minimum atomic E-state index is -0.863. The van der Waals surface area contributed by atoms with Gasteiger partial charge in [0, 0.05) is 5.56 Å². The van der Waals surface area contributed by atoms with E-state index in [0.717, 1.165) is 5.56 Å². The third-order valence-corrected chi connectivity index (χ3v) is 2.49. The summed E-state index contributed by atoms with van der Waals surface area (Å²) in [4.78, 5) is 11.1. The molecule has 4 N–H and O–H groups in total. The van der Waals surface area contributed by atoms with Gasteiger partial charge in [-0.2, -0.15) is 0 Å². The summed E-state index contributed by atoms with van der Waals surface area (Å²) in [5.74, 6) is -1.49. The van der Waals surface area contributed by atoms with Crippen molar-refractivity contribution >= 4 is 5.91 Å². The normalized spacial score (nSPS) is 10.1. The molecule has 0 aliphatic rings. The van der Waals surface area contributed by atoms with E-state index in [2.05, 4.69) is 0 Å². The molecule has 0 atom stereocenters. The van der Waals surface area contributed by atoms with Crippen molar-refractivity contribution in [2.45, 2.75) is 0 Å². The lowest BCUT2D eigenvalue weighted by Crippen LogP contribution is -2.11. The fourth-order valence-corrected chi connectivity index (χ4v) is 1.67. The van der Waals surface area contributed by atoms with Gasteiger partial charge in [0.05, 0.1) is 0 Å². The van der Waals surface area contributed by atoms with Crippen LogP contribution in [0.25, 0.3) is 11.1 Å². The quantitative estimate of drug-likeness (QED) is 0.735. The number of primary amides is 1.